The van der Waals surface area contributed by atoms with E-state index in [2.05, 4.69) is 15.6 Å². The lowest BCUT2D eigenvalue weighted by molar-refractivity contribution is 0.417. The van der Waals surface area contributed by atoms with E-state index in [1.54, 1.807) is 13.2 Å². The van der Waals surface area contributed by atoms with E-state index < -0.39 is 11.6 Å². The molecule has 0 amide bonds. The zero-order chi connectivity index (χ0) is 22.0. The van der Waals surface area contributed by atoms with Gasteiger partial charge in [-0.3, -0.25) is 0 Å². The molecule has 0 saturated carbocycles. The molecule has 0 bridgehead atoms. The van der Waals surface area contributed by atoms with Crippen molar-refractivity contribution >= 4 is 33.9 Å². The van der Waals surface area contributed by atoms with Gasteiger partial charge in [0.25, 0.3) is 0 Å². The lowest BCUT2D eigenvalue weighted by atomic mass is 10.1. The van der Waals surface area contributed by atoms with Crippen LogP contribution in [0.3, 0.4) is 0 Å². The Kier molecular flexibility index (Phi) is 5.86. The van der Waals surface area contributed by atoms with Gasteiger partial charge in [0.1, 0.15) is 5.75 Å². The number of hydrogen-bond acceptors (Lipinski definition) is 2. The predicted octanol–water partition coefficient (Wildman–Crippen LogP) is 6.17. The fourth-order valence-corrected chi connectivity index (χ4v) is 3.72. The SMILES string of the molecule is COc1ccc(-c2cc3cc(F)c(F)cc3[nH]2)cc1NC(=S)N[C@@H](C)c1ccccc1. The number of H-pyrrole nitrogens is 1. The largest absolute Gasteiger partial charge is 0.495 e. The van der Waals surface area contributed by atoms with Crippen LogP contribution in [0, 0.1) is 11.6 Å². The number of halogens is 2. The highest BCUT2D eigenvalue weighted by Crippen LogP contribution is 2.32. The van der Waals surface area contributed by atoms with Crippen LogP contribution in [0.5, 0.6) is 5.75 Å². The third-order valence-electron chi connectivity index (χ3n) is 5.07. The average molecular weight is 438 g/mol. The minimum absolute atomic E-state index is 0.0221. The number of fused-ring (bicyclic) bond motifs is 1. The number of benzene rings is 3. The van der Waals surface area contributed by atoms with Gasteiger partial charge in [-0.15, -0.1) is 0 Å². The van der Waals surface area contributed by atoms with Crippen LogP contribution in [-0.2, 0) is 0 Å². The summed E-state index contributed by atoms with van der Waals surface area (Å²) in [6.45, 7) is 2.03. The molecule has 4 nitrogen and oxygen atoms in total. The second-order valence-electron chi connectivity index (χ2n) is 7.18. The standard InChI is InChI=1S/C24H21F2N3OS/c1-14(15-6-4-3-5-7-15)27-24(31)29-22-11-16(8-9-23(22)30-2)20-12-17-10-18(25)19(26)13-21(17)28-20/h3-14,28H,1-2H3,(H2,27,29,31)/t14-/m0/s1. The molecule has 7 heteroatoms. The van der Waals surface area contributed by atoms with Crippen LogP contribution in [0.1, 0.15) is 18.5 Å². The maximum absolute atomic E-state index is 13.6. The minimum atomic E-state index is -0.887. The third-order valence-corrected chi connectivity index (χ3v) is 5.29. The Bertz CT molecular complexity index is 1200. The molecule has 1 atom stereocenters. The second-order valence-corrected chi connectivity index (χ2v) is 7.59. The van der Waals surface area contributed by atoms with Crippen LogP contribution in [-0.4, -0.2) is 17.2 Å². The van der Waals surface area contributed by atoms with Gasteiger partial charge in [0, 0.05) is 28.2 Å². The summed E-state index contributed by atoms with van der Waals surface area (Å²) >= 11 is 5.49. The molecule has 1 heterocycles. The van der Waals surface area contributed by atoms with Crippen LogP contribution in [0.15, 0.2) is 66.7 Å². The quantitative estimate of drug-likeness (QED) is 0.327. The number of ether oxygens (including phenoxy) is 1. The molecule has 3 N–H and O–H groups in total. The van der Waals surface area contributed by atoms with Crippen molar-refractivity contribution in [3.8, 4) is 17.0 Å². The predicted molar refractivity (Wildman–Crippen MR) is 124 cm³/mol. The topological polar surface area (TPSA) is 49.1 Å². The summed E-state index contributed by atoms with van der Waals surface area (Å²) in [4.78, 5) is 3.13. The molecule has 0 saturated heterocycles. The van der Waals surface area contributed by atoms with Gasteiger partial charge in [0.2, 0.25) is 0 Å². The first-order valence-electron chi connectivity index (χ1n) is 9.73. The number of rotatable bonds is 5. The van der Waals surface area contributed by atoms with Crippen LogP contribution in [0.2, 0.25) is 0 Å². The molecule has 4 rings (SSSR count). The second kappa shape index (κ2) is 8.73. The number of aromatic amines is 1. The highest BCUT2D eigenvalue weighted by Gasteiger charge is 2.13. The summed E-state index contributed by atoms with van der Waals surface area (Å²) < 4.78 is 32.6. The molecule has 0 unspecified atom stereocenters. The van der Waals surface area contributed by atoms with E-state index in [1.165, 1.54) is 6.07 Å². The van der Waals surface area contributed by atoms with Gasteiger partial charge < -0.3 is 20.4 Å². The summed E-state index contributed by atoms with van der Waals surface area (Å²) in [6, 6.07) is 19.7. The van der Waals surface area contributed by atoms with Crippen molar-refractivity contribution in [2.75, 3.05) is 12.4 Å². The van der Waals surface area contributed by atoms with Gasteiger partial charge in [-0.25, -0.2) is 8.78 Å². The highest BCUT2D eigenvalue weighted by molar-refractivity contribution is 7.80. The smallest absolute Gasteiger partial charge is 0.171 e. The van der Waals surface area contributed by atoms with Gasteiger partial charge >= 0.3 is 0 Å². The van der Waals surface area contributed by atoms with Crippen LogP contribution >= 0.6 is 12.2 Å². The molecule has 1 aromatic heterocycles. The fraction of sp³-hybridized carbons (Fsp3) is 0.125. The molecule has 0 aliphatic rings. The van der Waals surface area contributed by atoms with Gasteiger partial charge in [-0.2, -0.15) is 0 Å². The van der Waals surface area contributed by atoms with Gasteiger partial charge in [0.15, 0.2) is 16.7 Å². The first kappa shape index (κ1) is 20.8. The van der Waals surface area contributed by atoms with Crippen molar-refractivity contribution in [2.45, 2.75) is 13.0 Å². The van der Waals surface area contributed by atoms with Crippen LogP contribution in [0.4, 0.5) is 14.5 Å². The molecule has 0 radical (unpaired) electrons. The molecular weight excluding hydrogens is 416 g/mol. The summed E-state index contributed by atoms with van der Waals surface area (Å²) in [5, 5.41) is 7.49. The Balaban J connectivity index is 1.58. The molecule has 0 spiro atoms. The van der Waals surface area contributed by atoms with Crippen molar-refractivity contribution in [1.29, 1.82) is 0 Å². The lowest BCUT2D eigenvalue weighted by Gasteiger charge is -2.19. The van der Waals surface area contributed by atoms with E-state index in [9.17, 15) is 8.78 Å². The molecular formula is C24H21F2N3OS. The summed E-state index contributed by atoms with van der Waals surface area (Å²) in [5.74, 6) is -1.14. The number of nitrogens with one attached hydrogen (secondary N) is 3. The lowest BCUT2D eigenvalue weighted by Crippen LogP contribution is -2.31. The van der Waals surface area contributed by atoms with Crippen LogP contribution in [0.25, 0.3) is 22.2 Å². The molecule has 31 heavy (non-hydrogen) atoms. The van der Waals surface area contributed by atoms with Crippen molar-refractivity contribution in [2.24, 2.45) is 0 Å². The van der Waals surface area contributed by atoms with Crippen molar-refractivity contribution in [1.82, 2.24) is 10.3 Å². The zero-order valence-electron chi connectivity index (χ0n) is 17.0. The van der Waals surface area contributed by atoms with Crippen molar-refractivity contribution < 1.29 is 13.5 Å². The van der Waals surface area contributed by atoms with E-state index in [0.717, 1.165) is 22.9 Å². The Morgan fingerprint density at radius 1 is 1.00 bits per heavy atom. The molecule has 158 valence electrons. The first-order chi connectivity index (χ1) is 14.9. The first-order valence-corrected chi connectivity index (χ1v) is 10.1. The van der Waals surface area contributed by atoms with E-state index in [1.807, 2.05) is 55.5 Å². The Morgan fingerprint density at radius 2 is 1.74 bits per heavy atom. The number of methoxy groups -OCH3 is 1. The number of aromatic nitrogens is 1. The maximum atomic E-state index is 13.6. The Morgan fingerprint density at radius 3 is 2.48 bits per heavy atom. The number of thiocarbonyl (C=S) groups is 1. The third kappa shape index (κ3) is 4.51. The molecule has 0 aliphatic carbocycles. The number of anilines is 1. The molecule has 0 aliphatic heterocycles. The van der Waals surface area contributed by atoms with Gasteiger partial charge in [-0.05, 0) is 55.0 Å². The highest BCUT2D eigenvalue weighted by atomic mass is 32.1. The van der Waals surface area contributed by atoms with E-state index >= 15 is 0 Å². The molecule has 3 aromatic carbocycles. The average Bonchev–Trinajstić information content (AvgIpc) is 3.17. The molecule has 4 aromatic rings. The summed E-state index contributed by atoms with van der Waals surface area (Å²) in [7, 11) is 1.58. The number of hydrogen-bond donors (Lipinski definition) is 3. The molecule has 0 fully saturated rings. The normalized spacial score (nSPS) is 11.9. The minimum Gasteiger partial charge on any atom is -0.495 e. The monoisotopic (exact) mass is 437 g/mol. The van der Waals surface area contributed by atoms with Gasteiger partial charge in [0.05, 0.1) is 18.8 Å². The van der Waals surface area contributed by atoms with Gasteiger partial charge in [-0.1, -0.05) is 30.3 Å². The van der Waals surface area contributed by atoms with E-state index in [0.29, 0.717) is 27.5 Å². The van der Waals surface area contributed by atoms with Crippen molar-refractivity contribution in [3.05, 3.63) is 83.9 Å². The van der Waals surface area contributed by atoms with Crippen molar-refractivity contribution in [3.63, 3.8) is 0 Å². The Hall–Kier alpha value is -3.45. The zero-order valence-corrected chi connectivity index (χ0v) is 17.8. The fourth-order valence-electron chi connectivity index (χ4n) is 3.44. The van der Waals surface area contributed by atoms with Crippen LogP contribution < -0.4 is 15.4 Å². The maximum Gasteiger partial charge on any atom is 0.171 e. The summed E-state index contributed by atoms with van der Waals surface area (Å²) in [6.07, 6.45) is 0. The van der Waals surface area contributed by atoms with E-state index in [-0.39, 0.29) is 6.04 Å². The van der Waals surface area contributed by atoms with E-state index in [4.69, 9.17) is 17.0 Å². The summed E-state index contributed by atoms with van der Waals surface area (Å²) in [5.41, 5.74) is 3.85. The Labute approximate surface area is 184 Å².